The average molecular weight is 482 g/mol. The van der Waals surface area contributed by atoms with Crippen LogP contribution in [-0.4, -0.2) is 88.3 Å². The van der Waals surface area contributed by atoms with E-state index in [0.717, 1.165) is 69.7 Å². The van der Waals surface area contributed by atoms with Crippen molar-refractivity contribution in [3.8, 4) is 0 Å². The molecule has 32 heavy (non-hydrogen) atoms. The molecule has 0 aliphatic carbocycles. The number of ether oxygens (including phenoxy) is 2. The number of likely N-dealkylation sites (tertiary alicyclic amines) is 2. The lowest BCUT2D eigenvalue weighted by molar-refractivity contribution is 0.0274. The van der Waals surface area contributed by atoms with Gasteiger partial charge in [-0.3, -0.25) is 9.32 Å². The summed E-state index contributed by atoms with van der Waals surface area (Å²) < 4.78 is 12.8. The molecule has 4 aliphatic heterocycles. The van der Waals surface area contributed by atoms with Crippen LogP contribution in [0.15, 0.2) is 6.20 Å². The quantitative estimate of drug-likeness (QED) is 0.615. The second kappa shape index (κ2) is 8.66. The van der Waals surface area contributed by atoms with E-state index in [1.807, 2.05) is 31.9 Å². The van der Waals surface area contributed by atoms with Crippen molar-refractivity contribution < 1.29 is 14.3 Å². The van der Waals surface area contributed by atoms with Gasteiger partial charge in [0.05, 0.1) is 42.6 Å². The summed E-state index contributed by atoms with van der Waals surface area (Å²) in [6, 6.07) is 0. The molecule has 176 valence electrons. The van der Waals surface area contributed by atoms with Gasteiger partial charge in [-0.2, -0.15) is 0 Å². The highest BCUT2D eigenvalue weighted by Crippen LogP contribution is 2.37. The number of carbonyl (C=O) groups excluding carboxylic acids is 1. The zero-order valence-electron chi connectivity index (χ0n) is 19.1. The predicted octanol–water partition coefficient (Wildman–Crippen LogP) is 3.04. The summed E-state index contributed by atoms with van der Waals surface area (Å²) in [5, 5.41) is 1.14. The highest BCUT2D eigenvalue weighted by atomic mass is 35.5. The zero-order chi connectivity index (χ0) is 22.5. The SMILES string of the molecule is CC(C)(C)OC(=O)N1CC2CN(Cc3nc4c(s3)C(N3CCOCC3)=CN(Cl)C4)CC2C1. The van der Waals surface area contributed by atoms with E-state index in [-0.39, 0.29) is 6.09 Å². The van der Waals surface area contributed by atoms with Crippen LogP contribution in [0.3, 0.4) is 0 Å². The molecule has 1 aromatic rings. The van der Waals surface area contributed by atoms with E-state index in [4.69, 9.17) is 26.2 Å². The Labute approximate surface area is 198 Å². The molecule has 10 heteroatoms. The molecule has 5 rings (SSSR count). The number of fused-ring (bicyclic) bond motifs is 2. The van der Waals surface area contributed by atoms with Gasteiger partial charge in [0, 0.05) is 57.2 Å². The molecular weight excluding hydrogens is 450 g/mol. The summed E-state index contributed by atoms with van der Waals surface area (Å²) in [5.41, 5.74) is 1.79. The summed E-state index contributed by atoms with van der Waals surface area (Å²) >= 11 is 8.19. The molecule has 2 unspecified atom stereocenters. The van der Waals surface area contributed by atoms with Crippen LogP contribution in [0.2, 0.25) is 0 Å². The smallest absolute Gasteiger partial charge is 0.410 e. The zero-order valence-corrected chi connectivity index (χ0v) is 20.6. The molecule has 0 bridgehead atoms. The van der Waals surface area contributed by atoms with Gasteiger partial charge >= 0.3 is 6.09 Å². The Kier molecular flexibility index (Phi) is 6.03. The number of rotatable bonds is 3. The maximum atomic E-state index is 12.4. The van der Waals surface area contributed by atoms with E-state index in [1.54, 1.807) is 15.8 Å². The van der Waals surface area contributed by atoms with Gasteiger partial charge in [0.1, 0.15) is 10.6 Å². The molecule has 4 aliphatic rings. The molecule has 2 atom stereocenters. The number of aromatic nitrogens is 1. The Morgan fingerprint density at radius 2 is 1.91 bits per heavy atom. The molecule has 8 nitrogen and oxygen atoms in total. The molecular formula is C22H32ClN5O3S. The van der Waals surface area contributed by atoms with Crippen LogP contribution in [-0.2, 0) is 22.6 Å². The highest BCUT2D eigenvalue weighted by molar-refractivity contribution is 7.12. The van der Waals surface area contributed by atoms with Crippen molar-refractivity contribution >= 4 is 34.9 Å². The summed E-state index contributed by atoms with van der Waals surface area (Å²) in [4.78, 5) is 25.3. The summed E-state index contributed by atoms with van der Waals surface area (Å²) in [5.74, 6) is 1.03. The second-order valence-corrected chi connectivity index (χ2v) is 11.7. The van der Waals surface area contributed by atoms with E-state index >= 15 is 0 Å². The molecule has 1 aromatic heterocycles. The largest absolute Gasteiger partial charge is 0.444 e. The van der Waals surface area contributed by atoms with Crippen LogP contribution in [0.4, 0.5) is 4.79 Å². The van der Waals surface area contributed by atoms with Gasteiger partial charge in [-0.05, 0) is 32.6 Å². The van der Waals surface area contributed by atoms with Crippen LogP contribution >= 0.6 is 23.1 Å². The summed E-state index contributed by atoms with van der Waals surface area (Å²) in [6.07, 6.45) is 1.85. The minimum atomic E-state index is -0.447. The summed E-state index contributed by atoms with van der Waals surface area (Å²) in [7, 11) is 0. The average Bonchev–Trinajstić information content (AvgIpc) is 3.39. The van der Waals surface area contributed by atoms with Gasteiger partial charge in [-0.1, -0.05) is 0 Å². The third-order valence-electron chi connectivity index (χ3n) is 6.46. The molecule has 1 amide bonds. The van der Waals surface area contributed by atoms with Crippen LogP contribution in [0.1, 0.15) is 36.3 Å². The lowest BCUT2D eigenvalue weighted by Gasteiger charge is -2.33. The van der Waals surface area contributed by atoms with E-state index in [1.165, 1.54) is 10.6 Å². The van der Waals surface area contributed by atoms with E-state index < -0.39 is 5.60 Å². The van der Waals surface area contributed by atoms with Crippen molar-refractivity contribution in [2.45, 2.75) is 39.5 Å². The number of hydrogen-bond donors (Lipinski definition) is 0. The van der Waals surface area contributed by atoms with Gasteiger partial charge in [0.15, 0.2) is 0 Å². The normalized spacial score (nSPS) is 26.2. The van der Waals surface area contributed by atoms with E-state index in [0.29, 0.717) is 18.4 Å². The monoisotopic (exact) mass is 481 g/mol. The molecule has 0 saturated carbocycles. The third kappa shape index (κ3) is 4.71. The number of amides is 1. The van der Waals surface area contributed by atoms with Gasteiger partial charge < -0.3 is 19.3 Å². The fourth-order valence-electron chi connectivity index (χ4n) is 5.07. The van der Waals surface area contributed by atoms with Gasteiger partial charge in [-0.15, -0.1) is 11.3 Å². The minimum absolute atomic E-state index is 0.181. The highest BCUT2D eigenvalue weighted by Gasteiger charge is 2.43. The Hall–Kier alpha value is -1.55. The Morgan fingerprint density at radius 1 is 1.22 bits per heavy atom. The topological polar surface area (TPSA) is 61.4 Å². The maximum absolute atomic E-state index is 12.4. The van der Waals surface area contributed by atoms with Crippen LogP contribution in [0, 0.1) is 11.8 Å². The van der Waals surface area contributed by atoms with Crippen LogP contribution < -0.4 is 0 Å². The molecule has 5 heterocycles. The molecule has 0 aromatic carbocycles. The molecule has 0 N–H and O–H groups in total. The maximum Gasteiger partial charge on any atom is 0.410 e. The number of carbonyl (C=O) groups is 1. The van der Waals surface area contributed by atoms with Crippen molar-refractivity contribution in [2.24, 2.45) is 11.8 Å². The van der Waals surface area contributed by atoms with Crippen molar-refractivity contribution in [3.63, 3.8) is 0 Å². The van der Waals surface area contributed by atoms with Gasteiger partial charge in [0.2, 0.25) is 0 Å². The van der Waals surface area contributed by atoms with Crippen molar-refractivity contribution in [1.29, 1.82) is 0 Å². The molecule has 3 saturated heterocycles. The Bertz CT molecular complexity index is 881. The van der Waals surface area contributed by atoms with Gasteiger partial charge in [0.25, 0.3) is 0 Å². The number of nitrogens with zero attached hydrogens (tertiary/aromatic N) is 5. The van der Waals surface area contributed by atoms with E-state index in [9.17, 15) is 4.79 Å². The first-order valence-electron chi connectivity index (χ1n) is 11.4. The van der Waals surface area contributed by atoms with Crippen LogP contribution in [0.25, 0.3) is 5.70 Å². The third-order valence-corrected chi connectivity index (χ3v) is 7.78. The van der Waals surface area contributed by atoms with Crippen molar-refractivity contribution in [2.75, 3.05) is 52.5 Å². The standard InChI is InChI=1S/C22H32ClN5O3S/c1-22(2,3)31-21(29)27-10-15-8-25(9-16(15)11-27)14-19-24-17-12-28(23)13-18(20(17)32-19)26-4-6-30-7-5-26/h13,15-16H,4-12,14H2,1-3H3. The first-order valence-corrected chi connectivity index (χ1v) is 12.6. The lowest BCUT2D eigenvalue weighted by atomic mass is 10.0. The molecule has 0 radical (unpaired) electrons. The lowest BCUT2D eigenvalue weighted by Crippen LogP contribution is -2.37. The Balaban J connectivity index is 1.20. The first-order chi connectivity index (χ1) is 15.2. The molecule has 3 fully saturated rings. The molecule has 0 spiro atoms. The minimum Gasteiger partial charge on any atom is -0.444 e. The Morgan fingerprint density at radius 3 is 2.56 bits per heavy atom. The fourth-order valence-corrected chi connectivity index (χ4v) is 6.43. The fraction of sp³-hybridized carbons (Fsp3) is 0.727. The van der Waals surface area contributed by atoms with Gasteiger partial charge in [-0.25, -0.2) is 9.78 Å². The van der Waals surface area contributed by atoms with Crippen molar-refractivity contribution in [3.05, 3.63) is 21.8 Å². The van der Waals surface area contributed by atoms with Crippen LogP contribution in [0.5, 0.6) is 0 Å². The number of halogens is 1. The number of hydrogen-bond acceptors (Lipinski definition) is 8. The van der Waals surface area contributed by atoms with E-state index in [2.05, 4.69) is 9.80 Å². The summed E-state index contributed by atoms with van der Waals surface area (Å²) in [6.45, 7) is 14.1. The predicted molar refractivity (Wildman–Crippen MR) is 124 cm³/mol. The first kappa shape index (κ1) is 22.3. The second-order valence-electron chi connectivity index (χ2n) is 10.2. The van der Waals surface area contributed by atoms with Crippen molar-refractivity contribution in [1.82, 2.24) is 24.1 Å². The number of morpholine rings is 1. The number of thiazole rings is 1.